The molecule has 0 aromatic rings. The maximum Gasteiger partial charge on any atom is 0.320 e. The van der Waals surface area contributed by atoms with Gasteiger partial charge in [-0.1, -0.05) is 6.08 Å². The lowest BCUT2D eigenvalue weighted by molar-refractivity contribution is -0.156. The molecule has 0 saturated heterocycles. The standard InChI is InChI=1S/C13H18O4/c1-4-6-7-13(12(15)16-3)9-10(17-5-2)8-11(13)14/h4,8H,1,5-7,9H2,2-3H3. The van der Waals surface area contributed by atoms with Crippen LogP contribution >= 0.6 is 0 Å². The van der Waals surface area contributed by atoms with Crippen molar-refractivity contribution in [3.63, 3.8) is 0 Å². The van der Waals surface area contributed by atoms with E-state index in [9.17, 15) is 9.59 Å². The Hall–Kier alpha value is -1.58. The SMILES string of the molecule is C=CCCC1(C(=O)OC)CC(OCC)=CC1=O. The fourth-order valence-corrected chi connectivity index (χ4v) is 2.03. The van der Waals surface area contributed by atoms with Gasteiger partial charge in [-0.15, -0.1) is 6.58 Å². The van der Waals surface area contributed by atoms with Crippen molar-refractivity contribution in [2.24, 2.45) is 5.41 Å². The second kappa shape index (κ2) is 5.66. The van der Waals surface area contributed by atoms with E-state index < -0.39 is 11.4 Å². The second-order valence-corrected chi connectivity index (χ2v) is 3.99. The molecule has 1 aliphatic rings. The minimum absolute atomic E-state index is 0.227. The summed E-state index contributed by atoms with van der Waals surface area (Å²) in [7, 11) is 1.30. The zero-order valence-electron chi connectivity index (χ0n) is 10.3. The summed E-state index contributed by atoms with van der Waals surface area (Å²) in [4.78, 5) is 23.8. The topological polar surface area (TPSA) is 52.6 Å². The number of ether oxygens (including phenoxy) is 2. The molecule has 0 fully saturated rings. The molecule has 0 N–H and O–H groups in total. The molecular formula is C13H18O4. The maximum atomic E-state index is 12.0. The van der Waals surface area contributed by atoms with Gasteiger partial charge in [-0.25, -0.2) is 0 Å². The maximum absolute atomic E-state index is 12.0. The number of carbonyl (C=O) groups excluding carboxylic acids is 2. The Bertz CT molecular complexity index is 356. The quantitative estimate of drug-likeness (QED) is 0.403. The van der Waals surface area contributed by atoms with E-state index in [1.165, 1.54) is 13.2 Å². The van der Waals surface area contributed by atoms with Gasteiger partial charge in [0.2, 0.25) is 0 Å². The summed E-state index contributed by atoms with van der Waals surface area (Å²) in [5, 5.41) is 0. The molecule has 4 heteroatoms. The molecule has 4 nitrogen and oxygen atoms in total. The summed E-state index contributed by atoms with van der Waals surface area (Å²) < 4.78 is 10.1. The summed E-state index contributed by atoms with van der Waals surface area (Å²) >= 11 is 0. The first-order chi connectivity index (χ1) is 8.10. The van der Waals surface area contributed by atoms with Gasteiger partial charge in [-0.2, -0.15) is 0 Å². The molecule has 0 saturated carbocycles. The fraction of sp³-hybridized carbons (Fsp3) is 0.538. The van der Waals surface area contributed by atoms with Gasteiger partial charge in [0.05, 0.1) is 13.7 Å². The molecule has 0 aliphatic heterocycles. The average Bonchev–Trinajstić information content (AvgIpc) is 2.63. The van der Waals surface area contributed by atoms with Crippen molar-refractivity contribution in [3.05, 3.63) is 24.5 Å². The van der Waals surface area contributed by atoms with E-state index in [-0.39, 0.29) is 5.78 Å². The lowest BCUT2D eigenvalue weighted by atomic mass is 9.79. The Morgan fingerprint density at radius 3 is 2.88 bits per heavy atom. The van der Waals surface area contributed by atoms with E-state index in [0.29, 0.717) is 31.6 Å². The van der Waals surface area contributed by atoms with Crippen LogP contribution in [0.1, 0.15) is 26.2 Å². The minimum Gasteiger partial charge on any atom is -0.498 e. The molecule has 1 unspecified atom stereocenters. The van der Waals surface area contributed by atoms with Gasteiger partial charge in [0.15, 0.2) is 5.78 Å². The first-order valence-corrected chi connectivity index (χ1v) is 5.68. The van der Waals surface area contributed by atoms with Gasteiger partial charge < -0.3 is 9.47 Å². The molecule has 0 aromatic carbocycles. The molecule has 0 spiro atoms. The first kappa shape index (κ1) is 13.5. The van der Waals surface area contributed by atoms with E-state index in [1.54, 1.807) is 6.08 Å². The highest BCUT2D eigenvalue weighted by atomic mass is 16.5. The smallest absolute Gasteiger partial charge is 0.320 e. The van der Waals surface area contributed by atoms with Crippen LogP contribution in [0.5, 0.6) is 0 Å². The van der Waals surface area contributed by atoms with Gasteiger partial charge in [0.25, 0.3) is 0 Å². The Balaban J connectivity index is 2.91. The van der Waals surface area contributed by atoms with Gasteiger partial charge >= 0.3 is 5.97 Å². The van der Waals surface area contributed by atoms with Gasteiger partial charge in [0, 0.05) is 12.5 Å². The fourth-order valence-electron chi connectivity index (χ4n) is 2.03. The molecule has 0 heterocycles. The van der Waals surface area contributed by atoms with Crippen LogP contribution in [0.25, 0.3) is 0 Å². The van der Waals surface area contributed by atoms with Crippen molar-refractivity contribution in [1.82, 2.24) is 0 Å². The Morgan fingerprint density at radius 2 is 2.35 bits per heavy atom. The average molecular weight is 238 g/mol. The molecule has 0 amide bonds. The molecule has 0 bridgehead atoms. The number of rotatable bonds is 6. The molecular weight excluding hydrogens is 220 g/mol. The lowest BCUT2D eigenvalue weighted by Crippen LogP contribution is -2.36. The molecule has 0 radical (unpaired) electrons. The number of carbonyl (C=O) groups is 2. The number of hydrogen-bond acceptors (Lipinski definition) is 4. The molecule has 1 rings (SSSR count). The first-order valence-electron chi connectivity index (χ1n) is 5.68. The van der Waals surface area contributed by atoms with Crippen LogP contribution in [-0.2, 0) is 19.1 Å². The largest absolute Gasteiger partial charge is 0.498 e. The summed E-state index contributed by atoms with van der Waals surface area (Å²) in [6, 6.07) is 0. The lowest BCUT2D eigenvalue weighted by Gasteiger charge is -2.23. The zero-order chi connectivity index (χ0) is 12.9. The number of ketones is 1. The molecule has 1 aliphatic carbocycles. The Labute approximate surface area is 101 Å². The van der Waals surface area contributed by atoms with Crippen LogP contribution in [0.4, 0.5) is 0 Å². The summed E-state index contributed by atoms with van der Waals surface area (Å²) in [5.41, 5.74) is -1.10. The van der Waals surface area contributed by atoms with Crippen molar-refractivity contribution in [3.8, 4) is 0 Å². The highest BCUT2D eigenvalue weighted by Gasteiger charge is 2.50. The summed E-state index contributed by atoms with van der Waals surface area (Å²) in [5.74, 6) is -0.156. The number of esters is 1. The van der Waals surface area contributed by atoms with Crippen LogP contribution in [0, 0.1) is 5.41 Å². The van der Waals surface area contributed by atoms with E-state index in [4.69, 9.17) is 9.47 Å². The third-order valence-corrected chi connectivity index (χ3v) is 2.92. The molecule has 17 heavy (non-hydrogen) atoms. The second-order valence-electron chi connectivity index (χ2n) is 3.99. The predicted molar refractivity (Wildman–Crippen MR) is 63.2 cm³/mol. The summed E-state index contributed by atoms with van der Waals surface area (Å²) in [6.07, 6.45) is 4.39. The molecule has 94 valence electrons. The van der Waals surface area contributed by atoms with Crippen LogP contribution in [-0.4, -0.2) is 25.5 Å². The molecule has 1 atom stereocenters. The number of methoxy groups -OCH3 is 1. The van der Waals surface area contributed by atoms with Gasteiger partial charge in [0.1, 0.15) is 11.2 Å². The van der Waals surface area contributed by atoms with Crippen LogP contribution in [0.15, 0.2) is 24.5 Å². The highest BCUT2D eigenvalue weighted by Crippen LogP contribution is 2.40. The van der Waals surface area contributed by atoms with E-state index in [1.807, 2.05) is 6.92 Å². The van der Waals surface area contributed by atoms with Crippen molar-refractivity contribution >= 4 is 11.8 Å². The number of allylic oxidation sites excluding steroid dienone is 3. The zero-order valence-corrected chi connectivity index (χ0v) is 10.3. The van der Waals surface area contributed by atoms with E-state index in [2.05, 4.69) is 6.58 Å². The Morgan fingerprint density at radius 1 is 1.65 bits per heavy atom. The Kier molecular flexibility index (Phi) is 4.49. The van der Waals surface area contributed by atoms with E-state index in [0.717, 1.165) is 0 Å². The highest BCUT2D eigenvalue weighted by molar-refractivity contribution is 6.11. The minimum atomic E-state index is -1.10. The number of hydrogen-bond donors (Lipinski definition) is 0. The van der Waals surface area contributed by atoms with Crippen molar-refractivity contribution in [2.75, 3.05) is 13.7 Å². The van der Waals surface area contributed by atoms with Gasteiger partial charge in [-0.3, -0.25) is 9.59 Å². The normalized spacial score (nSPS) is 23.2. The van der Waals surface area contributed by atoms with Gasteiger partial charge in [-0.05, 0) is 19.8 Å². The van der Waals surface area contributed by atoms with Crippen molar-refractivity contribution < 1.29 is 19.1 Å². The monoisotopic (exact) mass is 238 g/mol. The van der Waals surface area contributed by atoms with Crippen LogP contribution in [0.3, 0.4) is 0 Å². The third-order valence-electron chi connectivity index (χ3n) is 2.92. The van der Waals surface area contributed by atoms with Crippen molar-refractivity contribution in [1.29, 1.82) is 0 Å². The molecule has 0 aromatic heterocycles. The summed E-state index contributed by atoms with van der Waals surface area (Å²) in [6.45, 7) is 5.93. The van der Waals surface area contributed by atoms with Crippen LogP contribution < -0.4 is 0 Å². The van der Waals surface area contributed by atoms with E-state index >= 15 is 0 Å². The van der Waals surface area contributed by atoms with Crippen molar-refractivity contribution in [2.45, 2.75) is 26.2 Å². The van der Waals surface area contributed by atoms with Crippen LogP contribution in [0.2, 0.25) is 0 Å². The predicted octanol–water partition coefficient (Wildman–Crippen LogP) is 2.01. The third kappa shape index (κ3) is 2.57.